The van der Waals surface area contributed by atoms with Gasteiger partial charge in [-0.15, -0.1) is 0 Å². The van der Waals surface area contributed by atoms with Crippen molar-refractivity contribution in [3.63, 3.8) is 0 Å². The summed E-state index contributed by atoms with van der Waals surface area (Å²) in [4.78, 5) is 4.12. The van der Waals surface area contributed by atoms with E-state index >= 15 is 0 Å². The van der Waals surface area contributed by atoms with Gasteiger partial charge in [0.2, 0.25) is 0 Å². The largest absolute Gasteiger partial charge is 0.396 e. The molecule has 0 fully saturated rings. The van der Waals surface area contributed by atoms with Crippen molar-refractivity contribution in [3.05, 3.63) is 23.9 Å². The van der Waals surface area contributed by atoms with Crippen LogP contribution in [0.2, 0.25) is 0 Å². The van der Waals surface area contributed by atoms with Gasteiger partial charge in [0.1, 0.15) is 17.6 Å². The van der Waals surface area contributed by atoms with Gasteiger partial charge in [0, 0.05) is 13.2 Å². The van der Waals surface area contributed by atoms with E-state index in [2.05, 4.69) is 17.2 Å². The van der Waals surface area contributed by atoms with Crippen LogP contribution in [0.4, 0.5) is 5.82 Å². The first kappa shape index (κ1) is 12.5. The Kier molecular flexibility index (Phi) is 5.30. The predicted molar refractivity (Wildman–Crippen MR) is 62.9 cm³/mol. The smallest absolute Gasteiger partial charge is 0.142 e. The zero-order valence-electron chi connectivity index (χ0n) is 9.48. The maximum atomic E-state index is 8.86. The molecule has 1 atom stereocenters. The van der Waals surface area contributed by atoms with E-state index in [9.17, 15) is 0 Å². The van der Waals surface area contributed by atoms with Crippen molar-refractivity contribution in [1.29, 1.82) is 5.26 Å². The van der Waals surface area contributed by atoms with E-state index in [0.29, 0.717) is 11.6 Å². The molecule has 0 aliphatic heterocycles. The average Bonchev–Trinajstić information content (AvgIpc) is 2.34. The first-order valence-corrected chi connectivity index (χ1v) is 5.52. The molecular formula is C12H17N3O. The van der Waals surface area contributed by atoms with Crippen molar-refractivity contribution >= 4 is 5.82 Å². The van der Waals surface area contributed by atoms with Crippen molar-refractivity contribution in [1.82, 2.24) is 4.98 Å². The molecule has 86 valence electrons. The molecular weight excluding hydrogens is 202 g/mol. The fourth-order valence-electron chi connectivity index (χ4n) is 1.48. The molecule has 1 aromatic heterocycles. The van der Waals surface area contributed by atoms with Crippen molar-refractivity contribution in [2.45, 2.75) is 19.8 Å². The van der Waals surface area contributed by atoms with Crippen LogP contribution in [0.15, 0.2) is 18.2 Å². The second-order valence-electron chi connectivity index (χ2n) is 3.69. The van der Waals surface area contributed by atoms with Gasteiger partial charge in [-0.3, -0.25) is 0 Å². The number of anilines is 1. The van der Waals surface area contributed by atoms with Crippen LogP contribution in [0.25, 0.3) is 0 Å². The minimum absolute atomic E-state index is 0.214. The molecule has 0 aliphatic rings. The van der Waals surface area contributed by atoms with E-state index in [4.69, 9.17) is 10.4 Å². The van der Waals surface area contributed by atoms with Crippen molar-refractivity contribution in [2.75, 3.05) is 18.5 Å². The van der Waals surface area contributed by atoms with Gasteiger partial charge in [-0.05, 0) is 24.5 Å². The molecule has 0 aromatic carbocycles. The Morgan fingerprint density at radius 2 is 2.38 bits per heavy atom. The number of nitriles is 1. The van der Waals surface area contributed by atoms with Crippen LogP contribution in [0.5, 0.6) is 0 Å². The summed E-state index contributed by atoms with van der Waals surface area (Å²) in [5.74, 6) is 1.16. The molecule has 4 nitrogen and oxygen atoms in total. The molecule has 0 saturated heterocycles. The summed E-state index contributed by atoms with van der Waals surface area (Å²) in [7, 11) is 0. The highest BCUT2D eigenvalue weighted by atomic mass is 16.3. The number of nitrogens with zero attached hydrogens (tertiary/aromatic N) is 2. The first-order valence-electron chi connectivity index (χ1n) is 5.52. The lowest BCUT2D eigenvalue weighted by Gasteiger charge is -2.14. The fourth-order valence-corrected chi connectivity index (χ4v) is 1.48. The number of aromatic nitrogens is 1. The quantitative estimate of drug-likeness (QED) is 0.765. The van der Waals surface area contributed by atoms with Crippen molar-refractivity contribution in [3.8, 4) is 6.07 Å². The van der Waals surface area contributed by atoms with Crippen molar-refractivity contribution < 1.29 is 5.11 Å². The number of hydrogen-bond donors (Lipinski definition) is 2. The average molecular weight is 219 g/mol. The summed E-state index contributed by atoms with van der Waals surface area (Å²) in [6.45, 7) is 3.09. The maximum absolute atomic E-state index is 8.86. The molecule has 1 rings (SSSR count). The maximum Gasteiger partial charge on any atom is 0.142 e. The van der Waals surface area contributed by atoms with Gasteiger partial charge in [-0.2, -0.15) is 5.26 Å². The molecule has 0 aliphatic carbocycles. The number of pyridine rings is 1. The van der Waals surface area contributed by atoms with Gasteiger partial charge < -0.3 is 10.4 Å². The third kappa shape index (κ3) is 3.87. The highest BCUT2D eigenvalue weighted by molar-refractivity contribution is 5.38. The Morgan fingerprint density at radius 3 is 3.00 bits per heavy atom. The monoisotopic (exact) mass is 219 g/mol. The Balaban J connectivity index is 2.50. The highest BCUT2D eigenvalue weighted by Gasteiger charge is 2.05. The van der Waals surface area contributed by atoms with E-state index in [1.807, 2.05) is 12.1 Å². The SMILES string of the molecule is CCC(CCO)CNc1cccc(C#N)n1. The second-order valence-corrected chi connectivity index (χ2v) is 3.69. The zero-order valence-corrected chi connectivity index (χ0v) is 9.48. The Hall–Kier alpha value is -1.60. The lowest BCUT2D eigenvalue weighted by atomic mass is 10.0. The number of nitrogens with one attached hydrogen (secondary N) is 1. The van der Waals surface area contributed by atoms with E-state index in [1.165, 1.54) is 0 Å². The van der Waals surface area contributed by atoms with Gasteiger partial charge in [-0.1, -0.05) is 19.4 Å². The third-order valence-corrected chi connectivity index (χ3v) is 2.55. The van der Waals surface area contributed by atoms with Crippen LogP contribution in [0.3, 0.4) is 0 Å². The van der Waals surface area contributed by atoms with Gasteiger partial charge in [0.15, 0.2) is 0 Å². The van der Waals surface area contributed by atoms with Crippen LogP contribution in [-0.2, 0) is 0 Å². The number of aliphatic hydroxyl groups is 1. The summed E-state index contributed by atoms with van der Waals surface area (Å²) in [6, 6.07) is 7.33. The summed E-state index contributed by atoms with van der Waals surface area (Å²) in [5, 5.41) is 20.7. The van der Waals surface area contributed by atoms with Crippen LogP contribution in [0.1, 0.15) is 25.5 Å². The van der Waals surface area contributed by atoms with E-state index < -0.39 is 0 Å². The van der Waals surface area contributed by atoms with Gasteiger partial charge in [0.25, 0.3) is 0 Å². The number of rotatable bonds is 6. The first-order chi connectivity index (χ1) is 7.80. The summed E-state index contributed by atoms with van der Waals surface area (Å²) >= 11 is 0. The Labute approximate surface area is 95.9 Å². The summed E-state index contributed by atoms with van der Waals surface area (Å²) in [6.07, 6.45) is 1.81. The molecule has 0 bridgehead atoms. The Bertz CT molecular complexity index is 360. The molecule has 1 unspecified atom stereocenters. The lowest BCUT2D eigenvalue weighted by molar-refractivity contribution is 0.258. The van der Waals surface area contributed by atoms with Gasteiger partial charge >= 0.3 is 0 Å². The molecule has 16 heavy (non-hydrogen) atoms. The fraction of sp³-hybridized carbons (Fsp3) is 0.500. The standard InChI is InChI=1S/C12H17N3O/c1-2-10(6-7-16)9-14-12-5-3-4-11(8-13)15-12/h3-5,10,16H,2,6-7,9H2,1H3,(H,14,15). The lowest BCUT2D eigenvalue weighted by Crippen LogP contribution is -2.15. The molecule has 0 radical (unpaired) electrons. The molecule has 4 heteroatoms. The van der Waals surface area contributed by atoms with Crippen molar-refractivity contribution in [2.24, 2.45) is 5.92 Å². The van der Waals surface area contributed by atoms with E-state index in [1.54, 1.807) is 12.1 Å². The van der Waals surface area contributed by atoms with Crippen LogP contribution in [-0.4, -0.2) is 23.2 Å². The molecule has 1 heterocycles. The van der Waals surface area contributed by atoms with E-state index in [-0.39, 0.29) is 6.61 Å². The Morgan fingerprint density at radius 1 is 1.56 bits per heavy atom. The minimum Gasteiger partial charge on any atom is -0.396 e. The predicted octanol–water partition coefficient (Wildman–Crippen LogP) is 1.77. The highest BCUT2D eigenvalue weighted by Crippen LogP contribution is 2.10. The van der Waals surface area contributed by atoms with Crippen LogP contribution < -0.4 is 5.32 Å². The third-order valence-electron chi connectivity index (χ3n) is 2.55. The summed E-state index contributed by atoms with van der Waals surface area (Å²) < 4.78 is 0. The van der Waals surface area contributed by atoms with Crippen LogP contribution >= 0.6 is 0 Å². The normalized spacial score (nSPS) is 11.8. The van der Waals surface area contributed by atoms with E-state index in [0.717, 1.165) is 25.2 Å². The van der Waals surface area contributed by atoms with Gasteiger partial charge in [0.05, 0.1) is 0 Å². The summed E-state index contributed by atoms with van der Waals surface area (Å²) in [5.41, 5.74) is 0.417. The number of aliphatic hydroxyl groups excluding tert-OH is 1. The molecule has 2 N–H and O–H groups in total. The topological polar surface area (TPSA) is 68.9 Å². The molecule has 1 aromatic rings. The zero-order chi connectivity index (χ0) is 11.8. The number of hydrogen-bond acceptors (Lipinski definition) is 4. The molecule has 0 spiro atoms. The molecule has 0 saturated carbocycles. The molecule has 0 amide bonds. The minimum atomic E-state index is 0.214. The van der Waals surface area contributed by atoms with Gasteiger partial charge in [-0.25, -0.2) is 4.98 Å². The van der Waals surface area contributed by atoms with Crippen LogP contribution in [0, 0.1) is 17.2 Å². The second kappa shape index (κ2) is 6.81.